The van der Waals surface area contributed by atoms with E-state index in [1.807, 2.05) is 0 Å². The van der Waals surface area contributed by atoms with E-state index in [1.165, 1.54) is 26.2 Å². The number of carbonyl (C=O) groups is 1. The molecule has 1 aromatic rings. The van der Waals surface area contributed by atoms with Crippen LogP contribution in [-0.2, 0) is 4.79 Å². The van der Waals surface area contributed by atoms with Gasteiger partial charge in [-0.05, 0) is 26.0 Å². The standard InChI is InChI=1S/C13H14O4/c1-9(14)6-4-5-7-11-10(2)12(16-3)8-13(15)17-11/h4-8H,1-3H3. The summed E-state index contributed by atoms with van der Waals surface area (Å²) in [7, 11) is 1.49. The van der Waals surface area contributed by atoms with Gasteiger partial charge in [0.25, 0.3) is 0 Å². The Labute approximate surface area is 99.2 Å². The first kappa shape index (κ1) is 13.0. The molecule has 0 aliphatic carbocycles. The lowest BCUT2D eigenvalue weighted by Gasteiger charge is -2.04. The predicted molar refractivity (Wildman–Crippen MR) is 65.1 cm³/mol. The van der Waals surface area contributed by atoms with E-state index >= 15 is 0 Å². The fourth-order valence-electron chi connectivity index (χ4n) is 1.26. The number of carbonyl (C=O) groups excluding carboxylic acids is 1. The fourth-order valence-corrected chi connectivity index (χ4v) is 1.26. The maximum absolute atomic E-state index is 11.2. The zero-order chi connectivity index (χ0) is 12.8. The van der Waals surface area contributed by atoms with Crippen molar-refractivity contribution in [3.05, 3.63) is 46.0 Å². The van der Waals surface area contributed by atoms with E-state index in [0.29, 0.717) is 11.5 Å². The van der Waals surface area contributed by atoms with Gasteiger partial charge in [0.05, 0.1) is 13.2 Å². The lowest BCUT2D eigenvalue weighted by Crippen LogP contribution is -2.02. The smallest absolute Gasteiger partial charge is 0.339 e. The van der Waals surface area contributed by atoms with Gasteiger partial charge >= 0.3 is 5.63 Å². The average molecular weight is 234 g/mol. The summed E-state index contributed by atoms with van der Waals surface area (Å²) in [5.41, 5.74) is 0.266. The molecule has 1 rings (SSSR count). The van der Waals surface area contributed by atoms with E-state index < -0.39 is 5.63 Å². The first-order valence-corrected chi connectivity index (χ1v) is 5.08. The Kier molecular flexibility index (Phi) is 4.46. The highest BCUT2D eigenvalue weighted by molar-refractivity contribution is 5.87. The molecule has 0 amide bonds. The zero-order valence-corrected chi connectivity index (χ0v) is 10.0. The normalized spacial score (nSPS) is 11.2. The van der Waals surface area contributed by atoms with E-state index in [1.54, 1.807) is 25.2 Å². The molecular weight excluding hydrogens is 220 g/mol. The van der Waals surface area contributed by atoms with Crippen LogP contribution in [-0.4, -0.2) is 12.9 Å². The minimum Gasteiger partial charge on any atom is -0.496 e. The van der Waals surface area contributed by atoms with Crippen LogP contribution in [0, 0.1) is 6.92 Å². The average Bonchev–Trinajstić information content (AvgIpc) is 2.28. The summed E-state index contributed by atoms with van der Waals surface area (Å²) in [4.78, 5) is 21.9. The quantitative estimate of drug-likeness (QED) is 0.591. The van der Waals surface area contributed by atoms with Crippen molar-refractivity contribution in [3.8, 4) is 5.75 Å². The largest absolute Gasteiger partial charge is 0.496 e. The Bertz CT molecular complexity index is 521. The van der Waals surface area contributed by atoms with Crippen LogP contribution < -0.4 is 10.4 Å². The molecule has 90 valence electrons. The van der Waals surface area contributed by atoms with Gasteiger partial charge in [0.2, 0.25) is 0 Å². The lowest BCUT2D eigenvalue weighted by molar-refractivity contribution is -0.112. The van der Waals surface area contributed by atoms with E-state index in [2.05, 4.69) is 0 Å². The monoisotopic (exact) mass is 234 g/mol. The van der Waals surface area contributed by atoms with E-state index in [-0.39, 0.29) is 5.78 Å². The summed E-state index contributed by atoms with van der Waals surface area (Å²) >= 11 is 0. The summed E-state index contributed by atoms with van der Waals surface area (Å²) in [6, 6.07) is 1.29. The second-order valence-corrected chi connectivity index (χ2v) is 3.45. The highest BCUT2D eigenvalue weighted by Gasteiger charge is 2.06. The Morgan fingerprint density at radius 3 is 2.71 bits per heavy atom. The predicted octanol–water partition coefficient (Wildman–Crippen LogP) is 2.12. The van der Waals surface area contributed by atoms with Gasteiger partial charge in [0.1, 0.15) is 11.5 Å². The fraction of sp³-hybridized carbons (Fsp3) is 0.231. The van der Waals surface area contributed by atoms with Crippen molar-refractivity contribution < 1.29 is 13.9 Å². The van der Waals surface area contributed by atoms with Crippen LogP contribution in [0.5, 0.6) is 5.75 Å². The molecule has 0 saturated carbocycles. The summed E-state index contributed by atoms with van der Waals surface area (Å²) in [6.45, 7) is 3.25. The van der Waals surface area contributed by atoms with Crippen LogP contribution >= 0.6 is 0 Å². The second-order valence-electron chi connectivity index (χ2n) is 3.45. The van der Waals surface area contributed by atoms with Gasteiger partial charge < -0.3 is 9.15 Å². The summed E-state index contributed by atoms with van der Waals surface area (Å²) < 4.78 is 10.1. The molecule has 0 bridgehead atoms. The van der Waals surface area contributed by atoms with Crippen LogP contribution in [0.2, 0.25) is 0 Å². The highest BCUT2D eigenvalue weighted by atomic mass is 16.5. The van der Waals surface area contributed by atoms with Crippen LogP contribution in [0.3, 0.4) is 0 Å². The Morgan fingerprint density at radius 2 is 2.12 bits per heavy atom. The molecule has 17 heavy (non-hydrogen) atoms. The van der Waals surface area contributed by atoms with Crippen molar-refractivity contribution in [2.45, 2.75) is 13.8 Å². The van der Waals surface area contributed by atoms with Gasteiger partial charge in [-0.3, -0.25) is 4.79 Å². The number of hydrogen-bond acceptors (Lipinski definition) is 4. The second kappa shape index (κ2) is 5.84. The summed E-state index contributed by atoms with van der Waals surface area (Å²) in [5, 5.41) is 0. The Morgan fingerprint density at radius 1 is 1.41 bits per heavy atom. The molecule has 0 N–H and O–H groups in total. The lowest BCUT2D eigenvalue weighted by atomic mass is 10.2. The number of ketones is 1. The van der Waals surface area contributed by atoms with Crippen LogP contribution in [0.4, 0.5) is 0 Å². The van der Waals surface area contributed by atoms with Crippen molar-refractivity contribution in [1.82, 2.24) is 0 Å². The SMILES string of the molecule is COc1cc(=O)oc(C=CC=CC(C)=O)c1C. The zero-order valence-electron chi connectivity index (χ0n) is 10.0. The van der Waals surface area contributed by atoms with Crippen LogP contribution in [0.25, 0.3) is 6.08 Å². The maximum Gasteiger partial charge on any atom is 0.339 e. The van der Waals surface area contributed by atoms with Crippen molar-refractivity contribution in [3.63, 3.8) is 0 Å². The van der Waals surface area contributed by atoms with E-state index in [4.69, 9.17) is 9.15 Å². The Balaban J connectivity index is 3.02. The van der Waals surface area contributed by atoms with E-state index in [9.17, 15) is 9.59 Å². The van der Waals surface area contributed by atoms with Crippen molar-refractivity contribution in [1.29, 1.82) is 0 Å². The summed E-state index contributed by atoms with van der Waals surface area (Å²) in [6.07, 6.45) is 6.25. The summed E-state index contributed by atoms with van der Waals surface area (Å²) in [5.74, 6) is 0.859. The molecule has 0 aliphatic rings. The molecule has 0 unspecified atom stereocenters. The molecule has 4 heteroatoms. The Hall–Kier alpha value is -2.10. The molecule has 0 fully saturated rings. The molecule has 0 saturated heterocycles. The topological polar surface area (TPSA) is 56.5 Å². The van der Waals surface area contributed by atoms with Gasteiger partial charge in [-0.2, -0.15) is 0 Å². The minimum absolute atomic E-state index is 0.0431. The van der Waals surface area contributed by atoms with Gasteiger partial charge in [-0.15, -0.1) is 0 Å². The molecule has 0 aromatic carbocycles. The molecule has 1 heterocycles. The van der Waals surface area contributed by atoms with Crippen molar-refractivity contribution >= 4 is 11.9 Å². The van der Waals surface area contributed by atoms with Crippen LogP contribution in [0.1, 0.15) is 18.2 Å². The van der Waals surface area contributed by atoms with Crippen LogP contribution in [0.15, 0.2) is 33.5 Å². The minimum atomic E-state index is -0.470. The number of rotatable bonds is 4. The molecular formula is C13H14O4. The van der Waals surface area contributed by atoms with Gasteiger partial charge in [-0.25, -0.2) is 4.79 Å². The van der Waals surface area contributed by atoms with E-state index in [0.717, 1.165) is 5.56 Å². The third kappa shape index (κ3) is 3.75. The third-order valence-corrected chi connectivity index (χ3v) is 2.11. The van der Waals surface area contributed by atoms with Crippen molar-refractivity contribution in [2.24, 2.45) is 0 Å². The molecule has 4 nitrogen and oxygen atoms in total. The number of methoxy groups -OCH3 is 1. The van der Waals surface area contributed by atoms with Gasteiger partial charge in [0, 0.05) is 5.56 Å². The maximum atomic E-state index is 11.2. The first-order chi connectivity index (χ1) is 8.04. The molecule has 1 aromatic heterocycles. The third-order valence-electron chi connectivity index (χ3n) is 2.11. The molecule has 0 aliphatic heterocycles. The highest BCUT2D eigenvalue weighted by Crippen LogP contribution is 2.19. The van der Waals surface area contributed by atoms with Gasteiger partial charge in [-0.1, -0.05) is 12.2 Å². The number of ether oxygens (including phenoxy) is 1. The van der Waals surface area contributed by atoms with Gasteiger partial charge in [0.15, 0.2) is 5.78 Å². The molecule has 0 radical (unpaired) electrons. The molecule has 0 atom stereocenters. The first-order valence-electron chi connectivity index (χ1n) is 5.08. The number of allylic oxidation sites excluding steroid dienone is 3. The van der Waals surface area contributed by atoms with Crippen molar-refractivity contribution in [2.75, 3.05) is 7.11 Å². The molecule has 0 spiro atoms. The number of hydrogen-bond donors (Lipinski definition) is 0.